The van der Waals surface area contributed by atoms with Gasteiger partial charge in [-0.2, -0.15) is 0 Å². The average molecular weight is 308 g/mol. The molecule has 2 N–H and O–H groups in total. The summed E-state index contributed by atoms with van der Waals surface area (Å²) in [5.74, 6) is -0.146. The lowest BCUT2D eigenvalue weighted by Gasteiger charge is -2.35. The molecule has 2 atom stereocenters. The van der Waals surface area contributed by atoms with Crippen molar-refractivity contribution >= 4 is 21.4 Å². The number of hydrogen-bond acceptors (Lipinski definition) is 4. The number of hydrogen-bond donors (Lipinski definition) is 1. The summed E-state index contributed by atoms with van der Waals surface area (Å²) < 4.78 is 21.0. The van der Waals surface area contributed by atoms with E-state index < -0.39 is 0 Å². The summed E-state index contributed by atoms with van der Waals surface area (Å²) >= 11 is 1.61. The molecule has 1 aromatic carbocycles. The van der Waals surface area contributed by atoms with Gasteiger partial charge < -0.3 is 10.5 Å². The van der Waals surface area contributed by atoms with Crippen LogP contribution < -0.4 is 5.73 Å². The minimum Gasteiger partial charge on any atom is -0.373 e. The molecule has 0 radical (unpaired) electrons. The van der Waals surface area contributed by atoms with E-state index in [2.05, 4.69) is 18.7 Å². The maximum atomic E-state index is 14.2. The molecule has 2 heterocycles. The van der Waals surface area contributed by atoms with Crippen molar-refractivity contribution < 1.29 is 9.13 Å². The first-order valence-electron chi connectivity index (χ1n) is 7.35. The highest BCUT2D eigenvalue weighted by Gasteiger charge is 2.24. The van der Waals surface area contributed by atoms with Crippen LogP contribution in [0, 0.1) is 5.82 Å². The summed E-state index contributed by atoms with van der Waals surface area (Å²) in [4.78, 5) is 3.42. The fourth-order valence-corrected chi connectivity index (χ4v) is 4.29. The van der Waals surface area contributed by atoms with Gasteiger partial charge >= 0.3 is 0 Å². The van der Waals surface area contributed by atoms with Crippen molar-refractivity contribution in [2.45, 2.75) is 39.1 Å². The Morgan fingerprint density at radius 2 is 2.05 bits per heavy atom. The van der Waals surface area contributed by atoms with Crippen LogP contribution in [-0.4, -0.2) is 30.2 Å². The highest BCUT2D eigenvalue weighted by molar-refractivity contribution is 7.19. The van der Waals surface area contributed by atoms with Crippen molar-refractivity contribution in [2.75, 3.05) is 13.1 Å². The van der Waals surface area contributed by atoms with E-state index in [1.54, 1.807) is 17.4 Å². The van der Waals surface area contributed by atoms with Gasteiger partial charge in [0.05, 0.1) is 12.2 Å². The fourth-order valence-electron chi connectivity index (χ4n) is 3.19. The fraction of sp³-hybridized carbons (Fsp3) is 0.500. The van der Waals surface area contributed by atoms with Crippen LogP contribution in [0.3, 0.4) is 0 Å². The van der Waals surface area contributed by atoms with Gasteiger partial charge in [0.25, 0.3) is 0 Å². The van der Waals surface area contributed by atoms with Crippen LogP contribution in [0.15, 0.2) is 18.2 Å². The van der Waals surface area contributed by atoms with Crippen LogP contribution in [0.1, 0.15) is 24.3 Å². The SMILES string of the molecule is CC1CN(Cc2c(CN)sc3cccc(F)c23)CC(C)O1. The van der Waals surface area contributed by atoms with E-state index in [0.717, 1.165) is 40.2 Å². The first-order valence-corrected chi connectivity index (χ1v) is 8.16. The number of thiophene rings is 1. The maximum Gasteiger partial charge on any atom is 0.132 e. The molecule has 3 rings (SSSR count). The number of nitrogens with two attached hydrogens (primary N) is 1. The Labute approximate surface area is 128 Å². The third kappa shape index (κ3) is 2.97. The van der Waals surface area contributed by atoms with E-state index in [-0.39, 0.29) is 18.0 Å². The van der Waals surface area contributed by atoms with Crippen molar-refractivity contribution in [2.24, 2.45) is 5.73 Å². The van der Waals surface area contributed by atoms with Crippen molar-refractivity contribution in [3.8, 4) is 0 Å². The monoisotopic (exact) mass is 308 g/mol. The quantitative estimate of drug-likeness (QED) is 0.947. The lowest BCUT2D eigenvalue weighted by Crippen LogP contribution is -2.44. The second-order valence-electron chi connectivity index (χ2n) is 5.77. The summed E-state index contributed by atoms with van der Waals surface area (Å²) in [6, 6.07) is 5.26. The van der Waals surface area contributed by atoms with Crippen molar-refractivity contribution in [3.05, 3.63) is 34.5 Å². The lowest BCUT2D eigenvalue weighted by atomic mass is 10.1. The molecule has 21 heavy (non-hydrogen) atoms. The number of nitrogens with zero attached hydrogens (tertiary/aromatic N) is 1. The van der Waals surface area contributed by atoms with Crippen LogP contribution in [-0.2, 0) is 17.8 Å². The first-order chi connectivity index (χ1) is 10.1. The molecular weight excluding hydrogens is 287 g/mol. The number of fused-ring (bicyclic) bond motifs is 1. The number of rotatable bonds is 3. The van der Waals surface area contributed by atoms with Gasteiger partial charge in [-0.25, -0.2) is 4.39 Å². The second-order valence-corrected chi connectivity index (χ2v) is 6.91. The molecule has 1 aliphatic heterocycles. The molecule has 1 aromatic heterocycles. The van der Waals surface area contributed by atoms with Crippen molar-refractivity contribution in [1.29, 1.82) is 0 Å². The molecule has 1 fully saturated rings. The molecule has 3 nitrogen and oxygen atoms in total. The van der Waals surface area contributed by atoms with Gasteiger partial charge in [-0.1, -0.05) is 6.07 Å². The predicted molar refractivity (Wildman–Crippen MR) is 85.0 cm³/mol. The lowest BCUT2D eigenvalue weighted by molar-refractivity contribution is -0.0704. The Hall–Kier alpha value is -1.01. The topological polar surface area (TPSA) is 38.5 Å². The van der Waals surface area contributed by atoms with Crippen LogP contribution in [0.5, 0.6) is 0 Å². The molecule has 1 saturated heterocycles. The van der Waals surface area contributed by atoms with Crippen LogP contribution >= 0.6 is 11.3 Å². The summed E-state index contributed by atoms with van der Waals surface area (Å²) in [7, 11) is 0. The second kappa shape index (κ2) is 6.01. The zero-order valence-corrected chi connectivity index (χ0v) is 13.3. The average Bonchev–Trinajstić information content (AvgIpc) is 2.77. The third-order valence-electron chi connectivity index (χ3n) is 3.91. The summed E-state index contributed by atoms with van der Waals surface area (Å²) in [5.41, 5.74) is 6.92. The zero-order valence-electron chi connectivity index (χ0n) is 12.4. The molecule has 0 aliphatic carbocycles. The van der Waals surface area contributed by atoms with E-state index in [4.69, 9.17) is 10.5 Å². The van der Waals surface area contributed by atoms with Crippen LogP contribution in [0.25, 0.3) is 10.1 Å². The molecule has 0 bridgehead atoms. The Kier molecular flexibility index (Phi) is 4.26. The number of ether oxygens (including phenoxy) is 1. The van der Waals surface area contributed by atoms with E-state index in [1.165, 1.54) is 6.07 Å². The van der Waals surface area contributed by atoms with E-state index in [9.17, 15) is 4.39 Å². The molecule has 114 valence electrons. The van der Waals surface area contributed by atoms with Crippen LogP contribution in [0.4, 0.5) is 4.39 Å². The van der Waals surface area contributed by atoms with Gasteiger partial charge in [-0.05, 0) is 31.5 Å². The van der Waals surface area contributed by atoms with Gasteiger partial charge in [0.1, 0.15) is 5.82 Å². The zero-order chi connectivity index (χ0) is 15.0. The van der Waals surface area contributed by atoms with Gasteiger partial charge in [-0.15, -0.1) is 11.3 Å². The smallest absolute Gasteiger partial charge is 0.132 e. The Morgan fingerprint density at radius 3 is 2.71 bits per heavy atom. The predicted octanol–water partition coefficient (Wildman–Crippen LogP) is 3.11. The van der Waals surface area contributed by atoms with Gasteiger partial charge in [0.15, 0.2) is 0 Å². The maximum absolute atomic E-state index is 14.2. The van der Waals surface area contributed by atoms with Crippen molar-refractivity contribution in [1.82, 2.24) is 4.90 Å². The molecule has 0 spiro atoms. The van der Waals surface area contributed by atoms with E-state index >= 15 is 0 Å². The number of halogens is 1. The first kappa shape index (κ1) is 14.9. The van der Waals surface area contributed by atoms with E-state index in [0.29, 0.717) is 6.54 Å². The molecular formula is C16H21FN2OS. The molecule has 2 aromatic rings. The number of benzene rings is 1. The summed E-state index contributed by atoms with van der Waals surface area (Å²) in [6.45, 7) is 7.12. The van der Waals surface area contributed by atoms with Gasteiger partial charge in [0.2, 0.25) is 0 Å². The normalized spacial score (nSPS) is 23.8. The Morgan fingerprint density at radius 1 is 1.33 bits per heavy atom. The molecule has 0 amide bonds. The molecule has 1 aliphatic rings. The Balaban J connectivity index is 1.95. The van der Waals surface area contributed by atoms with Crippen molar-refractivity contribution in [3.63, 3.8) is 0 Å². The number of morpholine rings is 1. The van der Waals surface area contributed by atoms with E-state index in [1.807, 2.05) is 6.07 Å². The Bertz CT molecular complexity index is 632. The summed E-state index contributed by atoms with van der Waals surface area (Å²) in [5, 5.41) is 0.745. The highest BCUT2D eigenvalue weighted by atomic mass is 32.1. The van der Waals surface area contributed by atoms with Gasteiger partial charge in [0, 0.05) is 41.1 Å². The summed E-state index contributed by atoms with van der Waals surface area (Å²) in [6.07, 6.45) is 0.426. The molecule has 5 heteroatoms. The minimum atomic E-state index is -0.146. The van der Waals surface area contributed by atoms with Gasteiger partial charge in [-0.3, -0.25) is 4.90 Å². The third-order valence-corrected chi connectivity index (χ3v) is 5.13. The molecule has 2 unspecified atom stereocenters. The molecule has 0 saturated carbocycles. The minimum absolute atomic E-state index is 0.146. The van der Waals surface area contributed by atoms with Crippen LogP contribution in [0.2, 0.25) is 0 Å². The standard InChI is InChI=1S/C16H21FN2OS/c1-10-7-19(8-11(2)20-10)9-12-15(6-18)21-14-5-3-4-13(17)16(12)14/h3-5,10-11H,6-9,18H2,1-2H3. The highest BCUT2D eigenvalue weighted by Crippen LogP contribution is 2.34. The largest absolute Gasteiger partial charge is 0.373 e.